The first kappa shape index (κ1) is 4.52. The molecule has 0 N–H and O–H groups in total. The fourth-order valence-corrected chi connectivity index (χ4v) is 0.324. The zero-order chi connectivity index (χ0) is 5.11. The van der Waals surface area contributed by atoms with Gasteiger partial charge in [0.15, 0.2) is 0 Å². The van der Waals surface area contributed by atoms with E-state index in [1.54, 1.807) is 0 Å². The third-order valence-electron chi connectivity index (χ3n) is 0.480. The van der Waals surface area contributed by atoms with Crippen molar-refractivity contribution in [1.82, 2.24) is 20.6 Å². The molecule has 0 aliphatic carbocycles. The quantitative estimate of drug-likeness (QED) is 0.469. The molecule has 5 heteroatoms. The Balaban J connectivity index is 2.76. The van der Waals surface area contributed by atoms with Crippen molar-refractivity contribution < 1.29 is 0 Å². The molecule has 0 saturated carbocycles. The summed E-state index contributed by atoms with van der Waals surface area (Å²) < 4.78 is 0. The molecular formula is C2H2ClN4-. The Morgan fingerprint density at radius 2 is 2.57 bits per heavy atom. The Bertz CT molecular complexity index is 124. The summed E-state index contributed by atoms with van der Waals surface area (Å²) in [5.41, 5.74) is 0. The molecule has 0 fully saturated rings. The molecule has 0 atom stereocenters. The second-order valence-corrected chi connectivity index (χ2v) is 1.20. The van der Waals surface area contributed by atoms with Gasteiger partial charge in [-0.25, -0.2) is 0 Å². The monoisotopic (exact) mass is 117 g/mol. The normalized spacial score (nSPS) is 9.29. The fourth-order valence-electron chi connectivity index (χ4n) is 0.217. The first-order valence-corrected chi connectivity index (χ1v) is 2.20. The molecule has 0 bridgehead atoms. The fraction of sp³-hybridized carbons (Fsp3) is 0.500. The van der Waals surface area contributed by atoms with Gasteiger partial charge in [-0.2, -0.15) is 5.21 Å². The Hall–Kier alpha value is -0.640. The summed E-state index contributed by atoms with van der Waals surface area (Å²) in [6.07, 6.45) is 0. The molecule has 0 aliphatic rings. The molecule has 38 valence electrons. The Labute approximate surface area is 44.9 Å². The van der Waals surface area contributed by atoms with Crippen molar-refractivity contribution in [2.75, 3.05) is 0 Å². The van der Waals surface area contributed by atoms with Crippen molar-refractivity contribution in [3.63, 3.8) is 0 Å². The largest absolute Gasteiger partial charge is 0.334 e. The molecule has 0 radical (unpaired) electrons. The van der Waals surface area contributed by atoms with E-state index < -0.39 is 0 Å². The van der Waals surface area contributed by atoms with Gasteiger partial charge < -0.3 is 5.10 Å². The van der Waals surface area contributed by atoms with Crippen LogP contribution >= 0.6 is 11.6 Å². The lowest BCUT2D eigenvalue weighted by Gasteiger charge is -1.82. The molecule has 1 rings (SSSR count). The number of aromatic nitrogens is 4. The van der Waals surface area contributed by atoms with Crippen LogP contribution in [-0.2, 0) is 5.88 Å². The molecule has 0 aromatic carbocycles. The van der Waals surface area contributed by atoms with Gasteiger partial charge in [0, 0.05) is 5.82 Å². The molecule has 1 heterocycles. The minimum Gasteiger partial charge on any atom is -0.334 e. The number of hydrogen-bond donors (Lipinski definition) is 0. The average molecular weight is 118 g/mol. The van der Waals surface area contributed by atoms with E-state index in [0.29, 0.717) is 5.82 Å². The predicted octanol–water partition coefficient (Wildman–Crippen LogP) is -0.432. The SMILES string of the molecule is ClCc1nnn[n-]1. The summed E-state index contributed by atoms with van der Waals surface area (Å²) in [6.45, 7) is 0. The standard InChI is InChI=1S/C2H2ClN4/c3-1-2-4-6-7-5-2/h1H2/q-1. The molecule has 0 aliphatic heterocycles. The second-order valence-electron chi connectivity index (χ2n) is 0.929. The van der Waals surface area contributed by atoms with Crippen molar-refractivity contribution in [1.29, 1.82) is 0 Å². The van der Waals surface area contributed by atoms with Crippen molar-refractivity contribution in [3.05, 3.63) is 5.82 Å². The molecule has 0 saturated heterocycles. The minimum atomic E-state index is 0.285. The zero-order valence-corrected chi connectivity index (χ0v) is 4.13. The van der Waals surface area contributed by atoms with Crippen LogP contribution in [-0.4, -0.2) is 15.5 Å². The molecular weight excluding hydrogens is 116 g/mol. The van der Waals surface area contributed by atoms with Gasteiger partial charge in [0.2, 0.25) is 0 Å². The van der Waals surface area contributed by atoms with Crippen LogP contribution in [0.5, 0.6) is 0 Å². The van der Waals surface area contributed by atoms with E-state index in [-0.39, 0.29) is 5.88 Å². The lowest BCUT2D eigenvalue weighted by Crippen LogP contribution is -1.81. The first-order chi connectivity index (χ1) is 3.43. The highest BCUT2D eigenvalue weighted by Gasteiger charge is 1.77. The van der Waals surface area contributed by atoms with Gasteiger partial charge in [-0.05, 0) is 0 Å². The summed E-state index contributed by atoms with van der Waals surface area (Å²) in [5.74, 6) is 0.758. The van der Waals surface area contributed by atoms with Crippen LogP contribution < -0.4 is 5.10 Å². The van der Waals surface area contributed by atoms with Crippen molar-refractivity contribution in [3.8, 4) is 0 Å². The van der Waals surface area contributed by atoms with Gasteiger partial charge in [-0.15, -0.1) is 11.6 Å². The van der Waals surface area contributed by atoms with Crippen LogP contribution in [0.3, 0.4) is 0 Å². The summed E-state index contributed by atoms with van der Waals surface area (Å²) in [7, 11) is 0. The van der Waals surface area contributed by atoms with Gasteiger partial charge in [0.05, 0.1) is 5.88 Å². The number of halogens is 1. The average Bonchev–Trinajstić information content (AvgIpc) is 2.14. The van der Waals surface area contributed by atoms with Gasteiger partial charge in [0.1, 0.15) is 0 Å². The lowest BCUT2D eigenvalue weighted by atomic mass is 10.8. The summed E-state index contributed by atoms with van der Waals surface area (Å²) in [4.78, 5) is 0. The molecule has 0 amide bonds. The highest BCUT2D eigenvalue weighted by Crippen LogP contribution is 1.85. The maximum atomic E-state index is 5.26. The highest BCUT2D eigenvalue weighted by atomic mass is 35.5. The van der Waals surface area contributed by atoms with Crippen molar-refractivity contribution >= 4 is 11.6 Å². The van der Waals surface area contributed by atoms with Gasteiger partial charge >= 0.3 is 0 Å². The molecule has 7 heavy (non-hydrogen) atoms. The van der Waals surface area contributed by atoms with Gasteiger partial charge in [-0.3, -0.25) is 10.3 Å². The topological polar surface area (TPSA) is 52.8 Å². The van der Waals surface area contributed by atoms with Crippen LogP contribution in [0.1, 0.15) is 5.82 Å². The van der Waals surface area contributed by atoms with E-state index >= 15 is 0 Å². The number of nitrogens with zero attached hydrogens (tertiary/aromatic N) is 4. The molecule has 1 aromatic heterocycles. The van der Waals surface area contributed by atoms with E-state index in [1.165, 1.54) is 0 Å². The highest BCUT2D eigenvalue weighted by molar-refractivity contribution is 6.16. The van der Waals surface area contributed by atoms with E-state index in [9.17, 15) is 0 Å². The maximum Gasteiger partial charge on any atom is 0.0541 e. The van der Waals surface area contributed by atoms with E-state index in [1.807, 2.05) is 0 Å². The maximum absolute atomic E-state index is 5.26. The smallest absolute Gasteiger partial charge is 0.0541 e. The second kappa shape index (κ2) is 1.88. The molecule has 0 spiro atoms. The van der Waals surface area contributed by atoms with E-state index in [0.717, 1.165) is 0 Å². The third kappa shape index (κ3) is 0.866. The number of tetrazole rings is 1. The van der Waals surface area contributed by atoms with Crippen LogP contribution in [0, 0.1) is 0 Å². The van der Waals surface area contributed by atoms with E-state index in [4.69, 9.17) is 11.6 Å². The molecule has 0 unspecified atom stereocenters. The summed E-state index contributed by atoms with van der Waals surface area (Å²) >= 11 is 5.26. The minimum absolute atomic E-state index is 0.285. The lowest BCUT2D eigenvalue weighted by molar-refractivity contribution is 0.871. The summed E-state index contributed by atoms with van der Waals surface area (Å²) in [6, 6.07) is 0. The van der Waals surface area contributed by atoms with Gasteiger partial charge in [-0.1, -0.05) is 0 Å². The number of rotatable bonds is 1. The van der Waals surface area contributed by atoms with Crippen molar-refractivity contribution in [2.24, 2.45) is 0 Å². The Kier molecular flexibility index (Phi) is 1.21. The third-order valence-corrected chi connectivity index (χ3v) is 0.719. The number of hydrogen-bond acceptors (Lipinski definition) is 3. The van der Waals surface area contributed by atoms with Crippen LogP contribution in [0.25, 0.3) is 0 Å². The number of alkyl halides is 1. The molecule has 4 nitrogen and oxygen atoms in total. The molecule has 1 aromatic rings. The Morgan fingerprint density at radius 1 is 1.71 bits per heavy atom. The van der Waals surface area contributed by atoms with E-state index in [2.05, 4.69) is 20.6 Å². The zero-order valence-electron chi connectivity index (χ0n) is 3.37. The predicted molar refractivity (Wildman–Crippen MR) is 22.7 cm³/mol. The van der Waals surface area contributed by atoms with Crippen LogP contribution in [0.15, 0.2) is 0 Å². The Morgan fingerprint density at radius 3 is 2.86 bits per heavy atom. The van der Waals surface area contributed by atoms with Gasteiger partial charge in [0.25, 0.3) is 0 Å². The first-order valence-electron chi connectivity index (χ1n) is 1.67. The van der Waals surface area contributed by atoms with Crippen LogP contribution in [0.2, 0.25) is 0 Å². The summed E-state index contributed by atoms with van der Waals surface area (Å²) in [5, 5.41) is 13.3. The van der Waals surface area contributed by atoms with Crippen molar-refractivity contribution in [2.45, 2.75) is 5.88 Å². The van der Waals surface area contributed by atoms with Crippen LogP contribution in [0.4, 0.5) is 0 Å².